The molecule has 0 N–H and O–H groups in total. The third-order valence-electron chi connectivity index (χ3n) is 4.03. The number of hydrogen-bond acceptors (Lipinski definition) is 5. The van der Waals surface area contributed by atoms with Crippen molar-refractivity contribution in [2.24, 2.45) is 0 Å². The number of methoxy groups -OCH3 is 1. The van der Waals surface area contributed by atoms with Crippen LogP contribution in [0.4, 0.5) is 0 Å². The Morgan fingerprint density at radius 3 is 2.55 bits per heavy atom. The highest BCUT2D eigenvalue weighted by molar-refractivity contribution is 5.65. The first-order chi connectivity index (χ1) is 10.8. The molecule has 0 bridgehead atoms. The fourth-order valence-electron chi connectivity index (χ4n) is 2.82. The normalized spacial score (nSPS) is 14.9. The maximum Gasteiger partial charge on any atom is 0.190 e. The van der Waals surface area contributed by atoms with Crippen LogP contribution in [0, 0.1) is 11.3 Å². The van der Waals surface area contributed by atoms with E-state index in [1.807, 2.05) is 28.9 Å². The SMILES string of the molecule is COc1ccc(-c2c(C#N)nnn2CCN2CCCC2)cc1. The molecule has 0 spiro atoms. The Balaban J connectivity index is 1.84. The molecule has 114 valence electrons. The first-order valence-electron chi connectivity index (χ1n) is 7.52. The molecule has 2 aromatic rings. The van der Waals surface area contributed by atoms with Crippen molar-refractivity contribution in [1.29, 1.82) is 5.26 Å². The third-order valence-corrected chi connectivity index (χ3v) is 4.03. The molecule has 0 unspecified atom stereocenters. The van der Waals surface area contributed by atoms with Gasteiger partial charge in [0.15, 0.2) is 5.69 Å². The van der Waals surface area contributed by atoms with Crippen LogP contribution in [-0.4, -0.2) is 46.6 Å². The number of benzene rings is 1. The van der Waals surface area contributed by atoms with Crippen LogP contribution in [0.3, 0.4) is 0 Å². The summed E-state index contributed by atoms with van der Waals surface area (Å²) >= 11 is 0. The highest BCUT2D eigenvalue weighted by atomic mass is 16.5. The van der Waals surface area contributed by atoms with E-state index in [-0.39, 0.29) is 0 Å². The molecule has 1 aliphatic heterocycles. The molecule has 6 nitrogen and oxygen atoms in total. The molecule has 1 fully saturated rings. The standard InChI is InChI=1S/C16H19N5O/c1-22-14-6-4-13(5-7-14)16-15(12-17)18-19-21(16)11-10-20-8-2-3-9-20/h4-7H,2-3,8-11H2,1H3. The maximum atomic E-state index is 9.27. The van der Waals surface area contributed by atoms with Crippen molar-refractivity contribution in [2.75, 3.05) is 26.7 Å². The Labute approximate surface area is 129 Å². The Morgan fingerprint density at radius 2 is 1.91 bits per heavy atom. The fourth-order valence-corrected chi connectivity index (χ4v) is 2.82. The molecular weight excluding hydrogens is 278 g/mol. The molecule has 1 saturated heterocycles. The lowest BCUT2D eigenvalue weighted by atomic mass is 10.1. The molecule has 0 atom stereocenters. The van der Waals surface area contributed by atoms with Gasteiger partial charge in [0.1, 0.15) is 17.5 Å². The summed E-state index contributed by atoms with van der Waals surface area (Å²) in [4.78, 5) is 2.42. The highest BCUT2D eigenvalue weighted by Gasteiger charge is 2.17. The molecule has 0 radical (unpaired) electrons. The summed E-state index contributed by atoms with van der Waals surface area (Å²) in [7, 11) is 1.64. The van der Waals surface area contributed by atoms with Crippen LogP contribution < -0.4 is 4.74 Å². The summed E-state index contributed by atoms with van der Waals surface area (Å²) < 4.78 is 7.01. The maximum absolute atomic E-state index is 9.27. The first kappa shape index (κ1) is 14.5. The molecule has 1 aliphatic rings. The average molecular weight is 297 g/mol. The molecule has 0 saturated carbocycles. The number of likely N-dealkylation sites (tertiary alicyclic amines) is 1. The van der Waals surface area contributed by atoms with Crippen LogP contribution in [-0.2, 0) is 6.54 Å². The summed E-state index contributed by atoms with van der Waals surface area (Å²) in [6.45, 7) is 3.99. The van der Waals surface area contributed by atoms with E-state index in [2.05, 4.69) is 21.3 Å². The average Bonchev–Trinajstić information content (AvgIpc) is 3.22. The second kappa shape index (κ2) is 6.58. The van der Waals surface area contributed by atoms with Crippen LogP contribution in [0.25, 0.3) is 11.3 Å². The Hall–Kier alpha value is -2.39. The van der Waals surface area contributed by atoms with E-state index in [1.54, 1.807) is 7.11 Å². The summed E-state index contributed by atoms with van der Waals surface area (Å²) in [5.41, 5.74) is 2.08. The molecule has 22 heavy (non-hydrogen) atoms. The van der Waals surface area contributed by atoms with E-state index in [4.69, 9.17) is 4.74 Å². The molecule has 3 rings (SSSR count). The molecule has 1 aromatic carbocycles. The summed E-state index contributed by atoms with van der Waals surface area (Å²) in [6, 6.07) is 9.77. The van der Waals surface area contributed by atoms with Crippen molar-refractivity contribution in [3.8, 4) is 23.1 Å². The van der Waals surface area contributed by atoms with Crippen molar-refractivity contribution in [3.05, 3.63) is 30.0 Å². The first-order valence-corrected chi connectivity index (χ1v) is 7.52. The van der Waals surface area contributed by atoms with Crippen molar-refractivity contribution in [3.63, 3.8) is 0 Å². The summed E-state index contributed by atoms with van der Waals surface area (Å²) in [5, 5.41) is 17.4. The van der Waals surface area contributed by atoms with Crippen LogP contribution in [0.15, 0.2) is 24.3 Å². The Bertz CT molecular complexity index is 665. The zero-order valence-corrected chi connectivity index (χ0v) is 12.7. The quantitative estimate of drug-likeness (QED) is 0.843. The van der Waals surface area contributed by atoms with Crippen molar-refractivity contribution in [1.82, 2.24) is 19.9 Å². The van der Waals surface area contributed by atoms with Gasteiger partial charge in [0.2, 0.25) is 0 Å². The van der Waals surface area contributed by atoms with Gasteiger partial charge in [-0.15, -0.1) is 5.10 Å². The van der Waals surface area contributed by atoms with Crippen LogP contribution >= 0.6 is 0 Å². The fraction of sp³-hybridized carbons (Fsp3) is 0.438. The Kier molecular flexibility index (Phi) is 4.35. The minimum atomic E-state index is 0.367. The highest BCUT2D eigenvalue weighted by Crippen LogP contribution is 2.24. The van der Waals surface area contributed by atoms with E-state index < -0.39 is 0 Å². The van der Waals surface area contributed by atoms with Gasteiger partial charge in [-0.25, -0.2) is 4.68 Å². The number of hydrogen-bond donors (Lipinski definition) is 0. The lowest BCUT2D eigenvalue weighted by molar-refractivity contribution is 0.315. The summed E-state index contributed by atoms with van der Waals surface area (Å²) in [5.74, 6) is 0.790. The van der Waals surface area contributed by atoms with E-state index in [0.29, 0.717) is 5.69 Å². The van der Waals surface area contributed by atoms with E-state index in [9.17, 15) is 5.26 Å². The van der Waals surface area contributed by atoms with Gasteiger partial charge in [-0.1, -0.05) is 5.21 Å². The van der Waals surface area contributed by atoms with Gasteiger partial charge in [0, 0.05) is 12.1 Å². The predicted octanol–water partition coefficient (Wildman–Crippen LogP) is 1.92. The van der Waals surface area contributed by atoms with Crippen LogP contribution in [0.5, 0.6) is 5.75 Å². The zero-order valence-electron chi connectivity index (χ0n) is 12.7. The minimum Gasteiger partial charge on any atom is -0.497 e. The van der Waals surface area contributed by atoms with Crippen molar-refractivity contribution in [2.45, 2.75) is 19.4 Å². The minimum absolute atomic E-state index is 0.367. The second-order valence-corrected chi connectivity index (χ2v) is 5.40. The van der Waals surface area contributed by atoms with Gasteiger partial charge < -0.3 is 9.64 Å². The monoisotopic (exact) mass is 297 g/mol. The van der Waals surface area contributed by atoms with Crippen LogP contribution in [0.2, 0.25) is 0 Å². The number of aromatic nitrogens is 3. The van der Waals surface area contributed by atoms with Crippen LogP contribution in [0.1, 0.15) is 18.5 Å². The number of nitrogens with zero attached hydrogens (tertiary/aromatic N) is 5. The van der Waals surface area contributed by atoms with Gasteiger partial charge >= 0.3 is 0 Å². The lowest BCUT2D eigenvalue weighted by Gasteiger charge is -2.15. The van der Waals surface area contributed by atoms with Crippen molar-refractivity contribution >= 4 is 0 Å². The van der Waals surface area contributed by atoms with E-state index >= 15 is 0 Å². The van der Waals surface area contributed by atoms with Gasteiger partial charge in [-0.05, 0) is 50.2 Å². The Morgan fingerprint density at radius 1 is 1.18 bits per heavy atom. The molecule has 1 aromatic heterocycles. The smallest absolute Gasteiger partial charge is 0.190 e. The molecular formula is C16H19N5O. The molecule has 0 amide bonds. The van der Waals surface area contributed by atoms with E-state index in [0.717, 1.165) is 43.2 Å². The second-order valence-electron chi connectivity index (χ2n) is 5.40. The van der Waals surface area contributed by atoms with Gasteiger partial charge in [-0.3, -0.25) is 0 Å². The van der Waals surface area contributed by atoms with E-state index in [1.165, 1.54) is 12.8 Å². The zero-order chi connectivity index (χ0) is 15.4. The number of ether oxygens (including phenoxy) is 1. The van der Waals surface area contributed by atoms with Gasteiger partial charge in [-0.2, -0.15) is 5.26 Å². The predicted molar refractivity (Wildman–Crippen MR) is 82.4 cm³/mol. The number of nitriles is 1. The largest absolute Gasteiger partial charge is 0.497 e. The third kappa shape index (κ3) is 2.95. The van der Waals surface area contributed by atoms with Gasteiger partial charge in [0.05, 0.1) is 13.7 Å². The van der Waals surface area contributed by atoms with Crippen molar-refractivity contribution < 1.29 is 4.74 Å². The molecule has 6 heteroatoms. The number of rotatable bonds is 5. The molecule has 2 heterocycles. The molecule has 0 aliphatic carbocycles. The summed E-state index contributed by atoms with van der Waals surface area (Å²) in [6.07, 6.45) is 2.54. The van der Waals surface area contributed by atoms with Gasteiger partial charge in [0.25, 0.3) is 0 Å². The lowest BCUT2D eigenvalue weighted by Crippen LogP contribution is -2.24. The topological polar surface area (TPSA) is 67.0 Å².